The number of fused-ring (bicyclic) bond motifs is 1. The van der Waals surface area contributed by atoms with Crippen LogP contribution >= 0.6 is 11.3 Å². The lowest BCUT2D eigenvalue weighted by Crippen LogP contribution is -2.12. The van der Waals surface area contributed by atoms with Crippen LogP contribution in [0, 0.1) is 11.3 Å². The number of thiophene rings is 1. The van der Waals surface area contributed by atoms with Gasteiger partial charge in [-0.15, -0.1) is 11.3 Å². The number of anilines is 1. The normalized spacial score (nSPS) is 13.0. The third-order valence-electron chi connectivity index (χ3n) is 3.40. The maximum Gasteiger partial charge on any atom is 0.278 e. The molecule has 0 bridgehead atoms. The van der Waals surface area contributed by atoms with E-state index in [0.717, 1.165) is 24.8 Å². The van der Waals surface area contributed by atoms with Crippen molar-refractivity contribution in [2.45, 2.75) is 32.6 Å². The summed E-state index contributed by atoms with van der Waals surface area (Å²) in [5, 5.41) is 16.4. The van der Waals surface area contributed by atoms with E-state index in [1.807, 2.05) is 6.92 Å². The van der Waals surface area contributed by atoms with Crippen LogP contribution in [0.15, 0.2) is 10.6 Å². The molecule has 0 saturated heterocycles. The molecule has 102 valence electrons. The van der Waals surface area contributed by atoms with E-state index < -0.39 is 0 Å². The van der Waals surface area contributed by atoms with Crippen LogP contribution in [0.5, 0.6) is 0 Å². The van der Waals surface area contributed by atoms with E-state index >= 15 is 0 Å². The van der Waals surface area contributed by atoms with Crippen molar-refractivity contribution in [2.24, 2.45) is 0 Å². The van der Waals surface area contributed by atoms with Crippen LogP contribution in [-0.2, 0) is 19.3 Å². The zero-order chi connectivity index (χ0) is 14.1. The lowest BCUT2D eigenvalue weighted by molar-refractivity contribution is 0.101. The highest BCUT2D eigenvalue weighted by molar-refractivity contribution is 7.16. The molecule has 6 heteroatoms. The molecule has 1 aliphatic rings. The molecular formula is C14H13N3O2S. The van der Waals surface area contributed by atoms with Crippen molar-refractivity contribution in [1.82, 2.24) is 5.16 Å². The minimum Gasteiger partial charge on any atom is -0.361 e. The minimum atomic E-state index is -0.329. The number of aryl methyl sites for hydroxylation is 2. The van der Waals surface area contributed by atoms with Gasteiger partial charge in [-0.2, -0.15) is 5.26 Å². The van der Waals surface area contributed by atoms with Gasteiger partial charge in [-0.3, -0.25) is 4.79 Å². The molecule has 0 aliphatic heterocycles. The fraction of sp³-hybridized carbons (Fsp3) is 0.357. The van der Waals surface area contributed by atoms with Gasteiger partial charge in [-0.05, 0) is 24.8 Å². The summed E-state index contributed by atoms with van der Waals surface area (Å²) in [7, 11) is 0. The standard InChI is InChI=1S/C14H13N3O2S/c1-2-8-6-11(17-19-8)13(18)16-14-10(7-15)9-4-3-5-12(9)20-14/h6H,2-5H2,1H3,(H,16,18). The van der Waals surface area contributed by atoms with E-state index in [0.29, 0.717) is 22.7 Å². The van der Waals surface area contributed by atoms with Gasteiger partial charge in [-0.1, -0.05) is 12.1 Å². The van der Waals surface area contributed by atoms with Crippen LogP contribution in [-0.4, -0.2) is 11.1 Å². The number of nitrogens with one attached hydrogen (secondary N) is 1. The Balaban J connectivity index is 1.85. The first-order chi connectivity index (χ1) is 9.72. The average molecular weight is 287 g/mol. The zero-order valence-corrected chi connectivity index (χ0v) is 11.8. The van der Waals surface area contributed by atoms with Crippen LogP contribution in [0.25, 0.3) is 0 Å². The Kier molecular flexibility index (Phi) is 3.28. The summed E-state index contributed by atoms with van der Waals surface area (Å²) in [6.07, 6.45) is 3.70. The van der Waals surface area contributed by atoms with E-state index in [2.05, 4.69) is 16.5 Å². The molecule has 0 radical (unpaired) electrons. The summed E-state index contributed by atoms with van der Waals surface area (Å²) in [5.41, 5.74) is 1.96. The highest BCUT2D eigenvalue weighted by Gasteiger charge is 2.24. The van der Waals surface area contributed by atoms with Crippen molar-refractivity contribution >= 4 is 22.2 Å². The molecule has 0 atom stereocenters. The lowest BCUT2D eigenvalue weighted by atomic mass is 10.1. The van der Waals surface area contributed by atoms with Crippen LogP contribution in [0.2, 0.25) is 0 Å². The smallest absolute Gasteiger partial charge is 0.278 e. The molecule has 1 aliphatic carbocycles. The van der Waals surface area contributed by atoms with Crippen molar-refractivity contribution in [3.8, 4) is 6.07 Å². The summed E-state index contributed by atoms with van der Waals surface area (Å²) < 4.78 is 5.02. The Labute approximate surface area is 120 Å². The quantitative estimate of drug-likeness (QED) is 0.941. The van der Waals surface area contributed by atoms with E-state index in [1.165, 1.54) is 16.2 Å². The maximum absolute atomic E-state index is 12.1. The zero-order valence-electron chi connectivity index (χ0n) is 11.0. The minimum absolute atomic E-state index is 0.249. The molecule has 2 aromatic rings. The van der Waals surface area contributed by atoms with Crippen molar-refractivity contribution in [2.75, 3.05) is 5.32 Å². The second-order valence-corrected chi connectivity index (χ2v) is 5.76. The molecule has 5 nitrogen and oxygen atoms in total. The number of hydrogen-bond acceptors (Lipinski definition) is 5. The Bertz CT molecular complexity index is 709. The van der Waals surface area contributed by atoms with Crippen molar-refractivity contribution in [3.05, 3.63) is 33.5 Å². The second kappa shape index (κ2) is 5.10. The van der Waals surface area contributed by atoms with Crippen LogP contribution in [0.4, 0.5) is 5.00 Å². The molecule has 0 saturated carbocycles. The molecule has 20 heavy (non-hydrogen) atoms. The number of carbonyl (C=O) groups excluding carboxylic acids is 1. The number of nitriles is 1. The number of rotatable bonds is 3. The van der Waals surface area contributed by atoms with Gasteiger partial charge < -0.3 is 9.84 Å². The summed E-state index contributed by atoms with van der Waals surface area (Å²) >= 11 is 1.50. The second-order valence-electron chi connectivity index (χ2n) is 4.66. The third-order valence-corrected chi connectivity index (χ3v) is 4.61. The molecule has 0 spiro atoms. The lowest BCUT2D eigenvalue weighted by Gasteiger charge is -2.00. The predicted octanol–water partition coefficient (Wildman–Crippen LogP) is 2.91. The first-order valence-corrected chi connectivity index (χ1v) is 7.36. The molecule has 2 heterocycles. The molecule has 1 N–H and O–H groups in total. The van der Waals surface area contributed by atoms with Crippen molar-refractivity contribution in [1.29, 1.82) is 5.26 Å². The fourth-order valence-corrected chi connectivity index (χ4v) is 3.60. The Morgan fingerprint density at radius 3 is 3.15 bits per heavy atom. The summed E-state index contributed by atoms with van der Waals surface area (Å²) in [6.45, 7) is 1.93. The van der Waals surface area contributed by atoms with Gasteiger partial charge in [0.05, 0.1) is 5.56 Å². The first-order valence-electron chi connectivity index (χ1n) is 6.54. The first kappa shape index (κ1) is 12.9. The SMILES string of the molecule is CCc1cc(C(=O)Nc2sc3c(c2C#N)CCC3)no1. The number of amides is 1. The topological polar surface area (TPSA) is 78.9 Å². The van der Waals surface area contributed by atoms with Gasteiger partial charge in [0.25, 0.3) is 5.91 Å². The predicted molar refractivity (Wildman–Crippen MR) is 74.9 cm³/mol. The van der Waals surface area contributed by atoms with Crippen molar-refractivity contribution < 1.29 is 9.32 Å². The molecule has 3 rings (SSSR count). The van der Waals surface area contributed by atoms with Gasteiger partial charge in [0, 0.05) is 17.4 Å². The van der Waals surface area contributed by atoms with Crippen molar-refractivity contribution in [3.63, 3.8) is 0 Å². The van der Waals surface area contributed by atoms with Crippen LogP contribution < -0.4 is 5.32 Å². The van der Waals surface area contributed by atoms with E-state index in [9.17, 15) is 10.1 Å². The third kappa shape index (κ3) is 2.10. The van der Waals surface area contributed by atoms with Gasteiger partial charge in [0.15, 0.2) is 5.69 Å². The number of aromatic nitrogens is 1. The molecule has 1 amide bonds. The van der Waals surface area contributed by atoms with Gasteiger partial charge >= 0.3 is 0 Å². The largest absolute Gasteiger partial charge is 0.361 e. The van der Waals surface area contributed by atoms with Crippen LogP contribution in [0.3, 0.4) is 0 Å². The number of hydrogen-bond donors (Lipinski definition) is 1. The summed E-state index contributed by atoms with van der Waals surface area (Å²) in [6, 6.07) is 3.83. The summed E-state index contributed by atoms with van der Waals surface area (Å²) in [5.74, 6) is 0.342. The molecule has 0 unspecified atom stereocenters. The molecular weight excluding hydrogens is 274 g/mol. The maximum atomic E-state index is 12.1. The van der Waals surface area contributed by atoms with E-state index in [-0.39, 0.29) is 11.6 Å². The number of carbonyl (C=O) groups is 1. The molecule has 0 fully saturated rings. The Morgan fingerprint density at radius 2 is 2.45 bits per heavy atom. The monoisotopic (exact) mass is 287 g/mol. The molecule has 0 aromatic carbocycles. The summed E-state index contributed by atoms with van der Waals surface area (Å²) in [4.78, 5) is 13.3. The molecule has 2 aromatic heterocycles. The van der Waals surface area contributed by atoms with E-state index in [4.69, 9.17) is 4.52 Å². The van der Waals surface area contributed by atoms with Gasteiger partial charge in [0.2, 0.25) is 0 Å². The van der Waals surface area contributed by atoms with Crippen LogP contribution in [0.1, 0.15) is 45.6 Å². The highest BCUT2D eigenvalue weighted by atomic mass is 32.1. The number of nitrogens with zero attached hydrogens (tertiary/aromatic N) is 2. The Morgan fingerprint density at radius 1 is 1.60 bits per heavy atom. The van der Waals surface area contributed by atoms with Gasteiger partial charge in [0.1, 0.15) is 16.8 Å². The van der Waals surface area contributed by atoms with E-state index in [1.54, 1.807) is 6.07 Å². The fourth-order valence-electron chi connectivity index (χ4n) is 2.36. The Hall–Kier alpha value is -2.13. The van der Waals surface area contributed by atoms with Gasteiger partial charge in [-0.25, -0.2) is 0 Å². The average Bonchev–Trinajstić information content (AvgIpc) is 3.13. The highest BCUT2D eigenvalue weighted by Crippen LogP contribution is 2.38.